The lowest BCUT2D eigenvalue weighted by atomic mass is 10.2. The van der Waals surface area contributed by atoms with Gasteiger partial charge in [-0.1, -0.05) is 0 Å². The van der Waals surface area contributed by atoms with E-state index in [0.29, 0.717) is 0 Å². The van der Waals surface area contributed by atoms with E-state index >= 15 is 0 Å². The van der Waals surface area contributed by atoms with E-state index in [9.17, 15) is 0 Å². The Bertz CT molecular complexity index is 43.3. The molecule has 1 N–H and O–H groups in total. The first kappa shape index (κ1) is 7.92. The van der Waals surface area contributed by atoms with Crippen LogP contribution < -0.4 is 0 Å². The Labute approximate surface area is 50.5 Å². The Morgan fingerprint density at radius 2 is 1.38 bits per heavy atom. The van der Waals surface area contributed by atoms with Crippen molar-refractivity contribution in [3.63, 3.8) is 0 Å². The number of hydrogen-bond acceptors (Lipinski definition) is 2. The monoisotopic (exact) mass is 118 g/mol. The minimum absolute atomic E-state index is 0.500. The summed E-state index contributed by atoms with van der Waals surface area (Å²) in [6, 6.07) is 0. The Kier molecular flexibility index (Phi) is 3.02. The molecule has 0 amide bonds. The van der Waals surface area contributed by atoms with Crippen molar-refractivity contribution in [2.45, 2.75) is 26.4 Å². The second-order valence-corrected chi connectivity index (χ2v) is 2.78. The predicted octanol–water partition coefficient (Wildman–Crippen LogP) is 0.794. The molecular weight excluding hydrogens is 104 g/mol. The Hall–Kier alpha value is -0.0800. The number of ether oxygens (including phenoxy) is 1. The van der Waals surface area contributed by atoms with Crippen LogP contribution in [-0.2, 0) is 4.74 Å². The summed E-state index contributed by atoms with van der Waals surface area (Å²) in [6.07, 6.45) is 0. The van der Waals surface area contributed by atoms with E-state index in [1.54, 1.807) is 20.8 Å². The Balaban J connectivity index is 0.000000135. The van der Waals surface area contributed by atoms with E-state index in [0.717, 1.165) is 13.2 Å². The summed E-state index contributed by atoms with van der Waals surface area (Å²) < 4.78 is 4.50. The van der Waals surface area contributed by atoms with Crippen LogP contribution in [0.4, 0.5) is 0 Å². The zero-order chi connectivity index (χ0) is 6.62. The van der Waals surface area contributed by atoms with Gasteiger partial charge in [0.25, 0.3) is 0 Å². The molecule has 1 saturated heterocycles. The second-order valence-electron chi connectivity index (χ2n) is 2.78. The molecule has 0 aliphatic carbocycles. The molecule has 0 atom stereocenters. The molecule has 2 nitrogen and oxygen atoms in total. The van der Waals surface area contributed by atoms with E-state index in [4.69, 9.17) is 5.11 Å². The first-order chi connectivity index (χ1) is 3.50. The molecule has 1 heterocycles. The Morgan fingerprint density at radius 1 is 1.25 bits per heavy atom. The van der Waals surface area contributed by atoms with Crippen LogP contribution in [0, 0.1) is 0 Å². The summed E-state index contributed by atoms with van der Waals surface area (Å²) in [6.45, 7) is 7.23. The summed E-state index contributed by atoms with van der Waals surface area (Å²) in [5.41, 5.74) is -0.500. The third kappa shape index (κ3) is 169. The third-order valence-corrected chi connectivity index (χ3v) is 0.204. The van der Waals surface area contributed by atoms with Gasteiger partial charge in [-0.05, 0) is 20.8 Å². The van der Waals surface area contributed by atoms with Gasteiger partial charge in [0.15, 0.2) is 0 Å². The fraction of sp³-hybridized carbons (Fsp3) is 1.00. The van der Waals surface area contributed by atoms with Crippen molar-refractivity contribution in [3.05, 3.63) is 0 Å². The fourth-order valence-electron chi connectivity index (χ4n) is 0. The quantitative estimate of drug-likeness (QED) is 0.477. The number of aliphatic hydroxyl groups is 1. The maximum absolute atomic E-state index is 8.52. The molecule has 50 valence electrons. The summed E-state index contributed by atoms with van der Waals surface area (Å²) in [7, 11) is 0. The first-order valence-electron chi connectivity index (χ1n) is 2.80. The fourth-order valence-corrected chi connectivity index (χ4v) is 0. The van der Waals surface area contributed by atoms with Gasteiger partial charge in [0.1, 0.15) is 0 Å². The van der Waals surface area contributed by atoms with Gasteiger partial charge in [-0.2, -0.15) is 0 Å². The highest BCUT2D eigenvalue weighted by Crippen LogP contribution is 1.93. The van der Waals surface area contributed by atoms with Gasteiger partial charge in [0.2, 0.25) is 0 Å². The van der Waals surface area contributed by atoms with Crippen molar-refractivity contribution in [1.82, 2.24) is 0 Å². The van der Waals surface area contributed by atoms with Gasteiger partial charge in [-0.15, -0.1) is 0 Å². The van der Waals surface area contributed by atoms with Gasteiger partial charge in [0, 0.05) is 0 Å². The van der Waals surface area contributed by atoms with Gasteiger partial charge in [-0.25, -0.2) is 0 Å². The summed E-state index contributed by atoms with van der Waals surface area (Å²) in [4.78, 5) is 0. The number of epoxide rings is 1. The summed E-state index contributed by atoms with van der Waals surface area (Å²) >= 11 is 0. The van der Waals surface area contributed by atoms with Crippen LogP contribution in [-0.4, -0.2) is 23.9 Å². The molecule has 0 aromatic heterocycles. The van der Waals surface area contributed by atoms with E-state index in [1.165, 1.54) is 0 Å². The predicted molar refractivity (Wildman–Crippen MR) is 32.8 cm³/mol. The normalized spacial score (nSPS) is 16.5. The van der Waals surface area contributed by atoms with Gasteiger partial charge >= 0.3 is 0 Å². The van der Waals surface area contributed by atoms with Crippen molar-refractivity contribution in [1.29, 1.82) is 0 Å². The van der Waals surface area contributed by atoms with E-state index in [1.807, 2.05) is 0 Å². The Morgan fingerprint density at radius 3 is 1.38 bits per heavy atom. The van der Waals surface area contributed by atoms with Crippen LogP contribution >= 0.6 is 0 Å². The lowest BCUT2D eigenvalue weighted by Crippen LogP contribution is -2.10. The summed E-state index contributed by atoms with van der Waals surface area (Å²) in [5.74, 6) is 0. The van der Waals surface area contributed by atoms with Crippen LogP contribution in [0.5, 0.6) is 0 Å². The molecule has 8 heavy (non-hydrogen) atoms. The molecule has 0 saturated carbocycles. The van der Waals surface area contributed by atoms with Crippen LogP contribution in [0.1, 0.15) is 20.8 Å². The molecule has 0 bridgehead atoms. The minimum Gasteiger partial charge on any atom is -0.391 e. The van der Waals surface area contributed by atoms with Crippen LogP contribution in [0.25, 0.3) is 0 Å². The van der Waals surface area contributed by atoms with Crippen molar-refractivity contribution in [2.24, 2.45) is 0 Å². The highest BCUT2D eigenvalue weighted by atomic mass is 16.6. The topological polar surface area (TPSA) is 32.8 Å². The molecule has 1 rings (SSSR count). The third-order valence-electron chi connectivity index (χ3n) is 0.204. The molecule has 0 aromatic carbocycles. The zero-order valence-electron chi connectivity index (χ0n) is 5.77. The highest BCUT2D eigenvalue weighted by Gasteiger charge is 1.97. The molecule has 0 unspecified atom stereocenters. The van der Waals surface area contributed by atoms with Gasteiger partial charge in [-0.3, -0.25) is 0 Å². The van der Waals surface area contributed by atoms with Crippen LogP contribution in [0.3, 0.4) is 0 Å². The molecule has 0 radical (unpaired) electrons. The molecule has 1 aliphatic rings. The van der Waals surface area contributed by atoms with Crippen molar-refractivity contribution < 1.29 is 9.84 Å². The van der Waals surface area contributed by atoms with Gasteiger partial charge < -0.3 is 9.84 Å². The molecule has 1 aliphatic heterocycles. The van der Waals surface area contributed by atoms with Crippen LogP contribution in [0.2, 0.25) is 0 Å². The SMILES string of the molecule is C1CO1.CC(C)(C)O. The molecule has 1 fully saturated rings. The number of rotatable bonds is 0. The summed E-state index contributed by atoms with van der Waals surface area (Å²) in [5, 5.41) is 8.52. The van der Waals surface area contributed by atoms with Crippen molar-refractivity contribution >= 4 is 0 Å². The van der Waals surface area contributed by atoms with Crippen molar-refractivity contribution in [2.75, 3.05) is 13.2 Å². The van der Waals surface area contributed by atoms with E-state index in [-0.39, 0.29) is 0 Å². The standard InChI is InChI=1S/C4H10O.C2H4O/c1-4(2,3)5;1-2-3-1/h5H,1-3H3;1-2H2. The molecular formula is C6H14O2. The smallest absolute Gasteiger partial charge is 0.0701 e. The molecule has 0 spiro atoms. The molecule has 2 heteroatoms. The second kappa shape index (κ2) is 3.05. The first-order valence-corrected chi connectivity index (χ1v) is 2.80. The van der Waals surface area contributed by atoms with E-state index < -0.39 is 5.60 Å². The average molecular weight is 118 g/mol. The van der Waals surface area contributed by atoms with E-state index in [2.05, 4.69) is 4.74 Å². The minimum atomic E-state index is -0.500. The largest absolute Gasteiger partial charge is 0.391 e. The maximum atomic E-state index is 8.52. The number of hydrogen-bond donors (Lipinski definition) is 1. The highest BCUT2D eigenvalue weighted by molar-refractivity contribution is 4.50. The van der Waals surface area contributed by atoms with Gasteiger partial charge in [0.05, 0.1) is 18.8 Å². The average Bonchev–Trinajstić information content (AvgIpc) is 1.95. The lowest BCUT2D eigenvalue weighted by Gasteiger charge is -2.04. The van der Waals surface area contributed by atoms with Crippen LogP contribution in [0.15, 0.2) is 0 Å². The van der Waals surface area contributed by atoms with Crippen molar-refractivity contribution in [3.8, 4) is 0 Å². The molecule has 0 aromatic rings. The maximum Gasteiger partial charge on any atom is 0.0701 e. The zero-order valence-corrected chi connectivity index (χ0v) is 5.77. The lowest BCUT2D eigenvalue weighted by molar-refractivity contribution is 0.102.